The molecule has 100 valence electrons. The lowest BCUT2D eigenvalue weighted by atomic mass is 9.85. The highest BCUT2D eigenvalue weighted by Crippen LogP contribution is 2.41. The number of allylic oxidation sites excluding steroid dienone is 1. The second kappa shape index (κ2) is 4.38. The van der Waals surface area contributed by atoms with E-state index in [0.717, 1.165) is 16.8 Å². The third-order valence-corrected chi connectivity index (χ3v) is 3.43. The van der Waals surface area contributed by atoms with Crippen LogP contribution in [0.15, 0.2) is 36.0 Å². The van der Waals surface area contributed by atoms with Crippen molar-refractivity contribution in [3.8, 4) is 11.9 Å². The molecule has 1 aliphatic heterocycles. The average molecular weight is 268 g/mol. The van der Waals surface area contributed by atoms with Crippen LogP contribution in [-0.4, -0.2) is 10.2 Å². The van der Waals surface area contributed by atoms with Gasteiger partial charge in [0, 0.05) is 22.9 Å². The highest BCUT2D eigenvalue weighted by molar-refractivity contribution is 5.54. The molecule has 0 unspecified atom stereocenters. The minimum Gasteiger partial charge on any atom is -0.420 e. The lowest BCUT2D eigenvalue weighted by Gasteiger charge is -2.22. The summed E-state index contributed by atoms with van der Waals surface area (Å²) in [6.45, 7) is 1.90. The number of nitrogens with two attached hydrogens (primary N) is 1. The van der Waals surface area contributed by atoms with Crippen molar-refractivity contribution < 1.29 is 9.30 Å². The molecule has 0 aromatic carbocycles. The molecule has 0 radical (unpaired) electrons. The molecule has 0 bridgehead atoms. The smallest absolute Gasteiger partial charge is 0.244 e. The third-order valence-electron chi connectivity index (χ3n) is 3.43. The Morgan fingerprint density at radius 3 is 3.05 bits per heavy atom. The van der Waals surface area contributed by atoms with Crippen molar-refractivity contribution >= 4 is 0 Å². The normalized spacial score (nSPS) is 17.4. The number of hydrogen-bond acceptors (Lipinski definition) is 4. The first-order chi connectivity index (χ1) is 9.61. The Hall–Kier alpha value is -2.81. The topological polar surface area (TPSA) is 91.6 Å². The number of nitrogens with one attached hydrogen (secondary N) is 1. The summed E-state index contributed by atoms with van der Waals surface area (Å²) in [5.41, 5.74) is 8.97. The number of aromatic amines is 1. The number of rotatable bonds is 1. The van der Waals surface area contributed by atoms with Gasteiger partial charge >= 0.3 is 0 Å². The van der Waals surface area contributed by atoms with E-state index in [0.29, 0.717) is 11.5 Å². The largest absolute Gasteiger partial charge is 0.420 e. The van der Waals surface area contributed by atoms with Gasteiger partial charge < -0.3 is 10.5 Å². The fraction of sp³-hybridized carbons (Fsp3) is 0.214. The zero-order chi connectivity index (χ0) is 14.3. The molecule has 0 aliphatic carbocycles. The molecule has 3 rings (SSSR count). The molecule has 2 aromatic heterocycles. The van der Waals surface area contributed by atoms with Crippen molar-refractivity contribution in [3.05, 3.63) is 52.8 Å². The average Bonchev–Trinajstić information content (AvgIpc) is 2.78. The summed E-state index contributed by atoms with van der Waals surface area (Å²) >= 11 is 0. The fourth-order valence-corrected chi connectivity index (χ4v) is 2.51. The maximum Gasteiger partial charge on any atom is 0.244 e. The van der Waals surface area contributed by atoms with Crippen LogP contribution in [0.3, 0.4) is 0 Å². The van der Waals surface area contributed by atoms with Crippen LogP contribution in [0.4, 0.5) is 0 Å². The van der Waals surface area contributed by atoms with Crippen LogP contribution >= 0.6 is 0 Å². The molecule has 0 saturated carbocycles. The van der Waals surface area contributed by atoms with Gasteiger partial charge in [0.1, 0.15) is 18.7 Å². The summed E-state index contributed by atoms with van der Waals surface area (Å²) in [5, 5.41) is 16.4. The number of aryl methyl sites for hydroxylation is 2. The number of pyridine rings is 1. The van der Waals surface area contributed by atoms with Crippen LogP contribution in [0.5, 0.6) is 5.88 Å². The molecule has 6 heteroatoms. The van der Waals surface area contributed by atoms with E-state index >= 15 is 0 Å². The fourth-order valence-electron chi connectivity index (χ4n) is 2.51. The second-order valence-corrected chi connectivity index (χ2v) is 4.79. The quantitative estimate of drug-likeness (QED) is 0.747. The van der Waals surface area contributed by atoms with Crippen molar-refractivity contribution in [3.63, 3.8) is 0 Å². The zero-order valence-corrected chi connectivity index (χ0v) is 11.2. The predicted octanol–water partition coefficient (Wildman–Crippen LogP) is 0.761. The van der Waals surface area contributed by atoms with E-state index in [1.54, 1.807) is 0 Å². The number of nitriles is 1. The second-order valence-electron chi connectivity index (χ2n) is 4.79. The van der Waals surface area contributed by atoms with Crippen molar-refractivity contribution in [1.29, 1.82) is 5.26 Å². The summed E-state index contributed by atoms with van der Waals surface area (Å²) in [4.78, 5) is 0. The molecular weight excluding hydrogens is 254 g/mol. The van der Waals surface area contributed by atoms with Crippen molar-refractivity contribution in [2.75, 3.05) is 0 Å². The van der Waals surface area contributed by atoms with Gasteiger partial charge in [-0.15, -0.1) is 5.10 Å². The van der Waals surface area contributed by atoms with Gasteiger partial charge in [-0.1, -0.05) is 0 Å². The van der Waals surface area contributed by atoms with Gasteiger partial charge in [-0.2, -0.15) is 5.26 Å². The Balaban J connectivity index is 2.25. The van der Waals surface area contributed by atoms with E-state index in [1.807, 2.05) is 43.1 Å². The van der Waals surface area contributed by atoms with Crippen LogP contribution in [0.2, 0.25) is 0 Å². The van der Waals surface area contributed by atoms with Gasteiger partial charge in [0.05, 0.1) is 5.92 Å². The van der Waals surface area contributed by atoms with Crippen LogP contribution < -0.4 is 15.0 Å². The van der Waals surface area contributed by atoms with Gasteiger partial charge in [0.2, 0.25) is 11.8 Å². The first-order valence-electron chi connectivity index (χ1n) is 6.19. The molecule has 0 fully saturated rings. The predicted molar refractivity (Wildman–Crippen MR) is 70.2 cm³/mol. The number of H-pyrrole nitrogens is 1. The van der Waals surface area contributed by atoms with Gasteiger partial charge in [-0.25, -0.2) is 4.57 Å². The van der Waals surface area contributed by atoms with E-state index < -0.39 is 0 Å². The molecule has 6 nitrogen and oxygen atoms in total. The van der Waals surface area contributed by atoms with Crippen molar-refractivity contribution in [2.24, 2.45) is 12.8 Å². The highest BCUT2D eigenvalue weighted by atomic mass is 16.5. The van der Waals surface area contributed by atoms with Crippen molar-refractivity contribution in [1.82, 2.24) is 10.2 Å². The monoisotopic (exact) mass is 268 g/mol. The first-order valence-corrected chi connectivity index (χ1v) is 6.19. The molecular formula is C14H14N5O+. The molecule has 3 heterocycles. The van der Waals surface area contributed by atoms with Gasteiger partial charge in [0.15, 0.2) is 12.4 Å². The van der Waals surface area contributed by atoms with Crippen LogP contribution in [0.1, 0.15) is 22.7 Å². The SMILES string of the molecule is Cc1[nH]nc2c1[C@H](c1ccc[n+](C)c1)C(C#N)=C(N)O2. The van der Waals surface area contributed by atoms with E-state index in [1.165, 1.54) is 0 Å². The number of nitrogens with zero attached hydrogens (tertiary/aromatic N) is 3. The van der Waals surface area contributed by atoms with E-state index in [9.17, 15) is 5.26 Å². The van der Waals surface area contributed by atoms with E-state index in [-0.39, 0.29) is 11.8 Å². The van der Waals surface area contributed by atoms with Gasteiger partial charge in [-0.3, -0.25) is 5.10 Å². The Labute approximate surface area is 116 Å². The molecule has 1 atom stereocenters. The number of fused-ring (bicyclic) bond motifs is 1. The van der Waals surface area contributed by atoms with Crippen molar-refractivity contribution in [2.45, 2.75) is 12.8 Å². The minimum absolute atomic E-state index is 0.114. The van der Waals surface area contributed by atoms with Gasteiger partial charge in [0.25, 0.3) is 0 Å². The summed E-state index contributed by atoms with van der Waals surface area (Å²) in [5.74, 6) is 0.299. The summed E-state index contributed by atoms with van der Waals surface area (Å²) in [7, 11) is 1.94. The molecule has 0 amide bonds. The number of ether oxygens (including phenoxy) is 1. The summed E-state index contributed by atoms with van der Waals surface area (Å²) in [6, 6.07) is 6.06. The Morgan fingerprint density at radius 2 is 2.35 bits per heavy atom. The molecule has 2 aromatic rings. The highest BCUT2D eigenvalue weighted by Gasteiger charge is 2.35. The Kier molecular flexibility index (Phi) is 2.68. The summed E-state index contributed by atoms with van der Waals surface area (Å²) in [6.07, 6.45) is 3.90. The van der Waals surface area contributed by atoms with Crippen LogP contribution in [-0.2, 0) is 7.05 Å². The first kappa shape index (κ1) is 12.2. The van der Waals surface area contributed by atoms with Crippen LogP contribution in [0.25, 0.3) is 0 Å². The molecule has 0 saturated heterocycles. The molecule has 0 spiro atoms. The molecule has 1 aliphatic rings. The van der Waals surface area contributed by atoms with Gasteiger partial charge in [-0.05, 0) is 13.0 Å². The lowest BCUT2D eigenvalue weighted by Crippen LogP contribution is -2.29. The third kappa shape index (κ3) is 1.72. The number of aromatic nitrogens is 3. The molecule has 3 N–H and O–H groups in total. The van der Waals surface area contributed by atoms with E-state index in [2.05, 4.69) is 16.3 Å². The summed E-state index contributed by atoms with van der Waals surface area (Å²) < 4.78 is 7.36. The Bertz CT molecular complexity index is 753. The lowest BCUT2D eigenvalue weighted by molar-refractivity contribution is -0.671. The number of hydrogen-bond donors (Lipinski definition) is 2. The van der Waals surface area contributed by atoms with Crippen LogP contribution in [0, 0.1) is 18.3 Å². The maximum atomic E-state index is 9.41. The maximum absolute atomic E-state index is 9.41. The standard InChI is InChI=1S/C14H14N5O/c1-8-11-12(9-4-3-5-19(2)7-9)10(6-15)13(16)20-14(11)18-17-8/h3-5,7,12H,16H2,1-2H3,(H,17,18)/q+1/t12-/m1/s1. The van der Waals surface area contributed by atoms with E-state index in [4.69, 9.17) is 10.5 Å². The Morgan fingerprint density at radius 1 is 1.55 bits per heavy atom. The zero-order valence-electron chi connectivity index (χ0n) is 11.2. The molecule has 20 heavy (non-hydrogen) atoms. The minimum atomic E-state index is -0.255.